The molecular formula is C26H35NO6. The van der Waals surface area contributed by atoms with E-state index in [-0.39, 0.29) is 11.1 Å². The molecule has 3 N–H and O–H groups in total. The summed E-state index contributed by atoms with van der Waals surface area (Å²) in [5.41, 5.74) is 0.496. The van der Waals surface area contributed by atoms with Crippen LogP contribution in [0, 0.1) is 0 Å². The summed E-state index contributed by atoms with van der Waals surface area (Å²) < 4.78 is 6.03. The molecule has 0 radical (unpaired) electrons. The number of carboxylic acid groups (broad SMARTS) is 2. The van der Waals surface area contributed by atoms with E-state index < -0.39 is 23.6 Å². The first-order valence-corrected chi connectivity index (χ1v) is 11.4. The molecule has 1 atom stereocenters. The van der Waals surface area contributed by atoms with Gasteiger partial charge in [0.25, 0.3) is 0 Å². The lowest BCUT2D eigenvalue weighted by atomic mass is 9.91. The molecule has 0 amide bonds. The van der Waals surface area contributed by atoms with Gasteiger partial charge in [-0.2, -0.15) is 0 Å². The number of aromatic carboxylic acids is 2. The maximum atomic E-state index is 11.5. The topological polar surface area (TPSA) is 107 Å². The van der Waals surface area contributed by atoms with Crippen LogP contribution in [-0.4, -0.2) is 46.5 Å². The summed E-state index contributed by atoms with van der Waals surface area (Å²) in [7, 11) is 2.01. The Morgan fingerprint density at radius 1 is 1.00 bits per heavy atom. The number of rotatable bonds is 13. The Balaban J connectivity index is 2.02. The molecule has 0 fully saturated rings. The van der Waals surface area contributed by atoms with Gasteiger partial charge in [-0.1, -0.05) is 26.0 Å². The van der Waals surface area contributed by atoms with Crippen LogP contribution < -0.4 is 9.64 Å². The van der Waals surface area contributed by atoms with Crippen LogP contribution in [-0.2, 0) is 0 Å². The minimum absolute atomic E-state index is 0.251. The van der Waals surface area contributed by atoms with Crippen molar-refractivity contribution >= 4 is 17.6 Å². The van der Waals surface area contributed by atoms with Gasteiger partial charge in [0.05, 0.1) is 16.7 Å². The SMILES string of the molecule is CCC(O)(CC)CCCCN(C)c1cccc(OC(C)c2ccc(C(=O)O)c(C(=O)O)c2)c1. The molecule has 0 aliphatic rings. The van der Waals surface area contributed by atoms with Crippen molar-refractivity contribution in [3.05, 3.63) is 59.2 Å². The molecule has 7 heteroatoms. The molecule has 0 saturated carbocycles. The molecule has 0 heterocycles. The summed E-state index contributed by atoms with van der Waals surface area (Å²) in [5.74, 6) is -1.93. The van der Waals surface area contributed by atoms with Crippen molar-refractivity contribution in [3.8, 4) is 5.75 Å². The molecule has 0 aromatic heterocycles. The smallest absolute Gasteiger partial charge is 0.336 e. The van der Waals surface area contributed by atoms with Crippen LogP contribution in [0.2, 0.25) is 0 Å². The molecule has 1 unspecified atom stereocenters. The van der Waals surface area contributed by atoms with Crippen LogP contribution >= 0.6 is 0 Å². The van der Waals surface area contributed by atoms with Crippen LogP contribution in [0.4, 0.5) is 5.69 Å². The summed E-state index contributed by atoms with van der Waals surface area (Å²) in [4.78, 5) is 24.9. The minimum atomic E-state index is -1.29. The van der Waals surface area contributed by atoms with Gasteiger partial charge in [0.15, 0.2) is 0 Å². The van der Waals surface area contributed by atoms with Gasteiger partial charge in [-0.3, -0.25) is 0 Å². The summed E-state index contributed by atoms with van der Waals surface area (Å²) in [6.45, 7) is 6.68. The number of carboxylic acids is 2. The molecule has 2 rings (SSSR count). The number of hydrogen-bond acceptors (Lipinski definition) is 5. The lowest BCUT2D eigenvalue weighted by molar-refractivity contribution is 0.0214. The normalized spacial score (nSPS) is 12.3. The van der Waals surface area contributed by atoms with E-state index in [9.17, 15) is 24.9 Å². The van der Waals surface area contributed by atoms with E-state index in [1.807, 2.05) is 45.2 Å². The molecule has 0 bridgehead atoms. The molecule has 0 saturated heterocycles. The maximum absolute atomic E-state index is 11.5. The average Bonchev–Trinajstić information content (AvgIpc) is 2.81. The average molecular weight is 458 g/mol. The summed E-state index contributed by atoms with van der Waals surface area (Å²) in [6.07, 6.45) is 3.79. The largest absolute Gasteiger partial charge is 0.486 e. The highest BCUT2D eigenvalue weighted by Gasteiger charge is 2.21. The summed E-state index contributed by atoms with van der Waals surface area (Å²) >= 11 is 0. The number of aliphatic hydroxyl groups is 1. The Kier molecular flexibility index (Phi) is 9.29. The van der Waals surface area contributed by atoms with E-state index in [1.165, 1.54) is 12.1 Å². The van der Waals surface area contributed by atoms with Crippen molar-refractivity contribution in [1.29, 1.82) is 0 Å². The molecule has 2 aromatic rings. The third-order valence-electron chi connectivity index (χ3n) is 6.25. The van der Waals surface area contributed by atoms with Gasteiger partial charge >= 0.3 is 11.9 Å². The number of carbonyl (C=O) groups is 2. The fraction of sp³-hybridized carbons (Fsp3) is 0.462. The van der Waals surface area contributed by atoms with Gasteiger partial charge < -0.3 is 25.0 Å². The van der Waals surface area contributed by atoms with Crippen molar-refractivity contribution < 1.29 is 29.6 Å². The second-order valence-electron chi connectivity index (χ2n) is 8.48. The number of benzene rings is 2. The lowest BCUT2D eigenvalue weighted by Crippen LogP contribution is -2.27. The fourth-order valence-corrected chi connectivity index (χ4v) is 3.78. The zero-order valence-electron chi connectivity index (χ0n) is 19.9. The van der Waals surface area contributed by atoms with Crippen molar-refractivity contribution in [2.75, 3.05) is 18.5 Å². The van der Waals surface area contributed by atoms with Crippen LogP contribution in [0.25, 0.3) is 0 Å². The van der Waals surface area contributed by atoms with E-state index in [0.717, 1.165) is 44.3 Å². The fourth-order valence-electron chi connectivity index (χ4n) is 3.78. The monoisotopic (exact) mass is 457 g/mol. The Labute approximate surface area is 195 Å². The molecule has 180 valence electrons. The zero-order chi connectivity index (χ0) is 24.6. The number of ether oxygens (including phenoxy) is 1. The first kappa shape index (κ1) is 26.2. The van der Waals surface area contributed by atoms with Crippen molar-refractivity contribution in [2.24, 2.45) is 0 Å². The lowest BCUT2D eigenvalue weighted by Gasteiger charge is -2.26. The minimum Gasteiger partial charge on any atom is -0.486 e. The highest BCUT2D eigenvalue weighted by Crippen LogP contribution is 2.28. The van der Waals surface area contributed by atoms with E-state index in [4.69, 9.17) is 4.74 Å². The molecule has 2 aromatic carbocycles. The quantitative estimate of drug-likeness (QED) is 0.347. The Morgan fingerprint density at radius 3 is 2.27 bits per heavy atom. The van der Waals surface area contributed by atoms with E-state index in [0.29, 0.717) is 11.3 Å². The molecule has 33 heavy (non-hydrogen) atoms. The first-order valence-electron chi connectivity index (χ1n) is 11.4. The maximum Gasteiger partial charge on any atom is 0.336 e. The Hall–Kier alpha value is -3.06. The van der Waals surface area contributed by atoms with Crippen LogP contribution in [0.5, 0.6) is 5.75 Å². The first-order chi connectivity index (χ1) is 15.6. The summed E-state index contributed by atoms with van der Waals surface area (Å²) in [5, 5.41) is 29.0. The number of hydrogen-bond donors (Lipinski definition) is 3. The molecule has 7 nitrogen and oxygen atoms in total. The van der Waals surface area contributed by atoms with E-state index in [1.54, 1.807) is 13.0 Å². The van der Waals surface area contributed by atoms with Gasteiger partial charge in [0.1, 0.15) is 11.9 Å². The van der Waals surface area contributed by atoms with Gasteiger partial charge in [0.2, 0.25) is 0 Å². The Bertz CT molecular complexity index is 954. The van der Waals surface area contributed by atoms with Crippen LogP contribution in [0.15, 0.2) is 42.5 Å². The molecular weight excluding hydrogens is 422 g/mol. The predicted molar refractivity (Wildman–Crippen MR) is 128 cm³/mol. The summed E-state index contributed by atoms with van der Waals surface area (Å²) in [6, 6.07) is 11.9. The number of unbranched alkanes of at least 4 members (excludes halogenated alkanes) is 1. The van der Waals surface area contributed by atoms with Crippen LogP contribution in [0.3, 0.4) is 0 Å². The van der Waals surface area contributed by atoms with E-state index >= 15 is 0 Å². The number of anilines is 1. The molecule has 0 aliphatic heterocycles. The third kappa shape index (κ3) is 7.22. The standard InChI is InChI=1S/C26H35NO6/c1-5-26(32,6-2)14-7-8-15-27(4)20-10-9-11-21(17-20)33-18(3)19-12-13-22(24(28)29)23(16-19)25(30)31/h9-13,16-18,32H,5-8,14-15H2,1-4H3,(H,28,29)(H,30,31). The Morgan fingerprint density at radius 2 is 1.67 bits per heavy atom. The van der Waals surface area contributed by atoms with Crippen LogP contribution in [0.1, 0.15) is 85.3 Å². The van der Waals surface area contributed by atoms with Gasteiger partial charge in [-0.15, -0.1) is 0 Å². The van der Waals surface area contributed by atoms with Gasteiger partial charge in [-0.25, -0.2) is 9.59 Å². The van der Waals surface area contributed by atoms with Gasteiger partial charge in [0, 0.05) is 25.3 Å². The van der Waals surface area contributed by atoms with E-state index in [2.05, 4.69) is 4.90 Å². The molecule has 0 spiro atoms. The third-order valence-corrected chi connectivity index (χ3v) is 6.25. The van der Waals surface area contributed by atoms with Gasteiger partial charge in [-0.05, 0) is 68.9 Å². The zero-order valence-corrected chi connectivity index (χ0v) is 19.9. The predicted octanol–water partition coefficient (Wildman–Crippen LogP) is 5.38. The van der Waals surface area contributed by atoms with Crippen molar-refractivity contribution in [3.63, 3.8) is 0 Å². The highest BCUT2D eigenvalue weighted by molar-refractivity contribution is 6.01. The van der Waals surface area contributed by atoms with Crippen molar-refractivity contribution in [1.82, 2.24) is 0 Å². The molecule has 0 aliphatic carbocycles. The highest BCUT2D eigenvalue weighted by atomic mass is 16.5. The number of nitrogens with zero attached hydrogens (tertiary/aromatic N) is 1. The second kappa shape index (κ2) is 11.7. The van der Waals surface area contributed by atoms with Crippen molar-refractivity contribution in [2.45, 2.75) is 64.6 Å². The second-order valence-corrected chi connectivity index (χ2v) is 8.48.